The monoisotopic (exact) mass is 570 g/mol. The fraction of sp³-hybridized carbons (Fsp3) is 0.636. The molecule has 8 nitrogen and oxygen atoms in total. The van der Waals surface area contributed by atoms with Crippen LogP contribution in [-0.2, 0) is 6.42 Å². The Labute approximate surface area is 246 Å². The summed E-state index contributed by atoms with van der Waals surface area (Å²) in [5.74, 6) is 1.14. The number of ether oxygens (including phenoxy) is 2. The predicted molar refractivity (Wildman–Crippen MR) is 165 cm³/mol. The van der Waals surface area contributed by atoms with Crippen LogP contribution in [0.1, 0.15) is 128 Å². The van der Waals surface area contributed by atoms with Crippen molar-refractivity contribution in [2.75, 3.05) is 13.2 Å². The van der Waals surface area contributed by atoms with Crippen molar-refractivity contribution in [3.8, 4) is 11.5 Å². The van der Waals surface area contributed by atoms with Gasteiger partial charge in [-0.15, -0.1) is 0 Å². The van der Waals surface area contributed by atoms with Gasteiger partial charge < -0.3 is 9.47 Å². The zero-order chi connectivity index (χ0) is 29.7. The Kier molecular flexibility index (Phi) is 17.2. The number of rotatable bonds is 24. The molecule has 2 aromatic carbocycles. The fourth-order valence-corrected chi connectivity index (χ4v) is 4.96. The third-order valence-corrected chi connectivity index (χ3v) is 7.40. The molecule has 0 heterocycles. The first kappa shape index (κ1) is 34.0. The number of nitro benzene ring substituents is 2. The molecule has 0 saturated carbocycles. The van der Waals surface area contributed by atoms with Crippen molar-refractivity contribution in [2.24, 2.45) is 0 Å². The number of nitrogens with zero attached hydrogens (tertiary/aromatic N) is 2. The molecular weight excluding hydrogens is 520 g/mol. The van der Waals surface area contributed by atoms with E-state index in [1.165, 1.54) is 101 Å². The number of hydrogen-bond donors (Lipinski definition) is 0. The van der Waals surface area contributed by atoms with E-state index in [1.807, 2.05) is 0 Å². The normalized spacial score (nSPS) is 11.0. The second-order valence-corrected chi connectivity index (χ2v) is 10.9. The highest BCUT2D eigenvalue weighted by Gasteiger charge is 2.17. The molecule has 0 N–H and O–H groups in total. The maximum absolute atomic E-state index is 11.5. The van der Waals surface area contributed by atoms with Gasteiger partial charge in [0.2, 0.25) is 0 Å². The summed E-state index contributed by atoms with van der Waals surface area (Å²) in [6, 6.07) is 9.17. The van der Waals surface area contributed by atoms with Gasteiger partial charge in [-0.25, -0.2) is 0 Å². The zero-order valence-corrected chi connectivity index (χ0v) is 25.2. The van der Waals surface area contributed by atoms with Crippen LogP contribution in [0.5, 0.6) is 11.5 Å². The van der Waals surface area contributed by atoms with E-state index in [4.69, 9.17) is 9.47 Å². The van der Waals surface area contributed by atoms with E-state index in [0.717, 1.165) is 25.7 Å². The lowest BCUT2D eigenvalue weighted by atomic mass is 10.0. The number of hydrogen-bond acceptors (Lipinski definition) is 6. The Bertz CT molecular complexity index is 961. The first-order valence-corrected chi connectivity index (χ1v) is 15.8. The summed E-state index contributed by atoms with van der Waals surface area (Å²) >= 11 is 0. The molecule has 0 amide bonds. The predicted octanol–water partition coefficient (Wildman–Crippen LogP) is 10.1. The van der Waals surface area contributed by atoms with Crippen LogP contribution in [-0.4, -0.2) is 23.1 Å². The fourth-order valence-electron chi connectivity index (χ4n) is 4.96. The molecule has 8 heteroatoms. The van der Waals surface area contributed by atoms with Gasteiger partial charge in [0, 0.05) is 41.8 Å². The van der Waals surface area contributed by atoms with Crippen LogP contribution in [0, 0.1) is 20.2 Å². The summed E-state index contributed by atoms with van der Waals surface area (Å²) < 4.78 is 12.1. The van der Waals surface area contributed by atoms with Crippen LogP contribution in [0.2, 0.25) is 0 Å². The molecule has 0 aromatic heterocycles. The number of unbranched alkanes of at least 4 members (excludes halogenated alkanes) is 14. The number of nitro groups is 2. The van der Waals surface area contributed by atoms with Crippen molar-refractivity contribution in [1.29, 1.82) is 0 Å². The first-order chi connectivity index (χ1) is 20.0. The van der Waals surface area contributed by atoms with E-state index in [1.54, 1.807) is 12.1 Å². The maximum Gasteiger partial charge on any atom is 0.269 e. The molecule has 0 fully saturated rings. The van der Waals surface area contributed by atoms with E-state index >= 15 is 0 Å². The van der Waals surface area contributed by atoms with Crippen LogP contribution in [0.3, 0.4) is 0 Å². The summed E-state index contributed by atoms with van der Waals surface area (Å²) in [6.07, 6.45) is 19.2. The lowest BCUT2D eigenvalue weighted by Crippen LogP contribution is -2.05. The number of benzene rings is 2. The van der Waals surface area contributed by atoms with Crippen molar-refractivity contribution in [3.05, 3.63) is 67.8 Å². The second-order valence-electron chi connectivity index (χ2n) is 10.9. The van der Waals surface area contributed by atoms with Gasteiger partial charge in [-0.2, -0.15) is 0 Å². The Morgan fingerprint density at radius 3 is 1.22 bits per heavy atom. The topological polar surface area (TPSA) is 105 Å². The summed E-state index contributed by atoms with van der Waals surface area (Å²) in [6.45, 7) is 5.48. The van der Waals surface area contributed by atoms with Gasteiger partial charge in [0.1, 0.15) is 11.5 Å². The minimum absolute atomic E-state index is 0.0359. The van der Waals surface area contributed by atoms with E-state index < -0.39 is 9.85 Å². The molecule has 2 aromatic rings. The SMILES string of the molecule is CCCCCCCCCCOc1ccc([N+](=O)[O-])cc1Cc1cc([N+](=O)[O-])ccc1OCCCCCCCCCC. The summed E-state index contributed by atoms with van der Waals surface area (Å²) in [4.78, 5) is 22.1. The lowest BCUT2D eigenvalue weighted by Gasteiger charge is -2.15. The van der Waals surface area contributed by atoms with Gasteiger partial charge in [-0.05, 0) is 25.0 Å². The highest BCUT2D eigenvalue weighted by molar-refractivity contribution is 5.50. The van der Waals surface area contributed by atoms with Crippen molar-refractivity contribution in [3.63, 3.8) is 0 Å². The van der Waals surface area contributed by atoms with Crippen LogP contribution >= 0.6 is 0 Å². The van der Waals surface area contributed by atoms with Crippen molar-refractivity contribution >= 4 is 11.4 Å². The molecule has 0 saturated heterocycles. The van der Waals surface area contributed by atoms with Crippen LogP contribution in [0.4, 0.5) is 11.4 Å². The third-order valence-electron chi connectivity index (χ3n) is 7.40. The molecule has 41 heavy (non-hydrogen) atoms. The van der Waals surface area contributed by atoms with Gasteiger partial charge in [0.05, 0.1) is 23.1 Å². The summed E-state index contributed by atoms with van der Waals surface area (Å²) in [5, 5.41) is 23.0. The molecule has 0 atom stereocenters. The highest BCUT2D eigenvalue weighted by Crippen LogP contribution is 2.32. The lowest BCUT2D eigenvalue weighted by molar-refractivity contribution is -0.385. The highest BCUT2D eigenvalue weighted by atomic mass is 16.6. The molecule has 0 aliphatic heterocycles. The Balaban J connectivity index is 2.02. The number of non-ortho nitro benzene ring substituents is 2. The molecule has 0 unspecified atom stereocenters. The minimum atomic E-state index is -0.432. The van der Waals surface area contributed by atoms with E-state index in [9.17, 15) is 20.2 Å². The largest absolute Gasteiger partial charge is 0.493 e. The second kappa shape index (κ2) is 20.7. The standard InChI is InChI=1S/C33H50N2O6/c1-3-5-7-9-11-13-15-17-23-40-32-21-19-30(34(36)37)26-28(32)25-29-27-31(35(38)39)20-22-33(29)41-24-18-16-14-12-10-8-6-4-2/h19-22,26-27H,3-18,23-25H2,1-2H3. The Hall–Kier alpha value is -3.16. The molecule has 228 valence electrons. The van der Waals surface area contributed by atoms with E-state index in [-0.39, 0.29) is 17.8 Å². The maximum atomic E-state index is 11.5. The van der Waals surface area contributed by atoms with Crippen molar-refractivity contribution in [1.82, 2.24) is 0 Å². The van der Waals surface area contributed by atoms with Gasteiger partial charge in [0.15, 0.2) is 0 Å². The average molecular weight is 571 g/mol. The van der Waals surface area contributed by atoms with Gasteiger partial charge >= 0.3 is 0 Å². The molecule has 0 bridgehead atoms. The average Bonchev–Trinajstić information content (AvgIpc) is 2.96. The molecule has 0 aliphatic rings. The summed E-state index contributed by atoms with van der Waals surface area (Å²) in [5.41, 5.74) is 1.17. The van der Waals surface area contributed by atoms with Gasteiger partial charge in [-0.1, -0.05) is 104 Å². The smallest absolute Gasteiger partial charge is 0.269 e. The van der Waals surface area contributed by atoms with Crippen LogP contribution in [0.25, 0.3) is 0 Å². The van der Waals surface area contributed by atoms with E-state index in [0.29, 0.717) is 35.8 Å². The molecular formula is C33H50N2O6. The van der Waals surface area contributed by atoms with Crippen molar-refractivity contribution in [2.45, 2.75) is 123 Å². The minimum Gasteiger partial charge on any atom is -0.493 e. The zero-order valence-electron chi connectivity index (χ0n) is 25.2. The molecule has 0 radical (unpaired) electrons. The Morgan fingerprint density at radius 1 is 0.537 bits per heavy atom. The van der Waals surface area contributed by atoms with E-state index in [2.05, 4.69) is 13.8 Å². The van der Waals surface area contributed by atoms with Gasteiger partial charge in [-0.3, -0.25) is 20.2 Å². The first-order valence-electron chi connectivity index (χ1n) is 15.8. The molecule has 0 aliphatic carbocycles. The quantitative estimate of drug-likeness (QED) is 0.0706. The Morgan fingerprint density at radius 2 is 0.878 bits per heavy atom. The van der Waals surface area contributed by atoms with Crippen molar-refractivity contribution < 1.29 is 19.3 Å². The molecule has 2 rings (SSSR count). The van der Waals surface area contributed by atoms with Gasteiger partial charge in [0.25, 0.3) is 11.4 Å². The van der Waals surface area contributed by atoms with Crippen LogP contribution < -0.4 is 9.47 Å². The summed E-state index contributed by atoms with van der Waals surface area (Å²) in [7, 11) is 0. The third kappa shape index (κ3) is 13.8. The molecule has 0 spiro atoms. The van der Waals surface area contributed by atoms with Crippen LogP contribution in [0.15, 0.2) is 36.4 Å².